The Morgan fingerprint density at radius 3 is 2.67 bits per heavy atom. The zero-order valence-corrected chi connectivity index (χ0v) is 11.3. The molecule has 1 heterocycles. The van der Waals surface area contributed by atoms with Crippen molar-refractivity contribution >= 4 is 16.0 Å². The van der Waals surface area contributed by atoms with E-state index in [9.17, 15) is 13.2 Å². The number of nitrogens with zero attached hydrogens (tertiary/aromatic N) is 1. The third-order valence-electron chi connectivity index (χ3n) is 3.77. The molecule has 2 N–H and O–H groups in total. The first kappa shape index (κ1) is 13.8. The van der Waals surface area contributed by atoms with Gasteiger partial charge in [0.15, 0.2) is 5.25 Å². The van der Waals surface area contributed by atoms with Crippen molar-refractivity contribution < 1.29 is 18.3 Å². The molecule has 18 heavy (non-hydrogen) atoms. The van der Waals surface area contributed by atoms with E-state index < -0.39 is 21.2 Å². The molecular formula is C11H20N2O4S. The summed E-state index contributed by atoms with van der Waals surface area (Å²) in [5.74, 6) is -1.00. The number of aliphatic carboxylic acids is 1. The molecule has 0 amide bonds. The molecule has 2 aliphatic rings. The third-order valence-corrected chi connectivity index (χ3v) is 5.47. The number of hydrogen-bond donors (Lipinski definition) is 2. The van der Waals surface area contributed by atoms with E-state index in [1.165, 1.54) is 19.8 Å². The van der Waals surface area contributed by atoms with Crippen LogP contribution in [0.15, 0.2) is 0 Å². The Hall–Kier alpha value is -0.660. The van der Waals surface area contributed by atoms with Crippen LogP contribution < -0.4 is 4.72 Å². The molecule has 0 bridgehead atoms. The van der Waals surface area contributed by atoms with Crippen LogP contribution in [0, 0.1) is 5.92 Å². The molecule has 1 aliphatic carbocycles. The number of sulfonamides is 1. The van der Waals surface area contributed by atoms with Crippen molar-refractivity contribution in [2.75, 3.05) is 19.6 Å². The summed E-state index contributed by atoms with van der Waals surface area (Å²) in [6, 6.07) is 0.713. The van der Waals surface area contributed by atoms with E-state index in [4.69, 9.17) is 5.11 Å². The molecule has 0 spiro atoms. The number of carbonyl (C=O) groups is 1. The van der Waals surface area contributed by atoms with Crippen LogP contribution in [0.1, 0.15) is 26.2 Å². The molecule has 1 saturated heterocycles. The van der Waals surface area contributed by atoms with E-state index in [1.807, 2.05) is 0 Å². The lowest BCUT2D eigenvalue weighted by Crippen LogP contribution is -2.40. The van der Waals surface area contributed by atoms with Crippen molar-refractivity contribution in [2.24, 2.45) is 5.92 Å². The Morgan fingerprint density at radius 1 is 1.44 bits per heavy atom. The summed E-state index contributed by atoms with van der Waals surface area (Å²) >= 11 is 0. The molecular weight excluding hydrogens is 256 g/mol. The second-order valence-electron chi connectivity index (χ2n) is 5.25. The number of nitrogens with one attached hydrogen (secondary N) is 1. The fraction of sp³-hybridized carbons (Fsp3) is 0.909. The predicted octanol–water partition coefficient (Wildman–Crippen LogP) is -0.137. The second-order valence-corrected chi connectivity index (χ2v) is 7.34. The number of carboxylic acids is 1. The van der Waals surface area contributed by atoms with Crippen molar-refractivity contribution in [3.63, 3.8) is 0 Å². The van der Waals surface area contributed by atoms with Gasteiger partial charge in [-0.25, -0.2) is 13.1 Å². The Bertz CT molecular complexity index is 419. The lowest BCUT2D eigenvalue weighted by atomic mass is 10.1. The van der Waals surface area contributed by atoms with Gasteiger partial charge >= 0.3 is 5.97 Å². The van der Waals surface area contributed by atoms with E-state index >= 15 is 0 Å². The van der Waals surface area contributed by atoms with Gasteiger partial charge in [0.05, 0.1) is 0 Å². The van der Waals surface area contributed by atoms with Crippen LogP contribution in [-0.4, -0.2) is 55.3 Å². The maximum absolute atomic E-state index is 11.7. The van der Waals surface area contributed by atoms with Gasteiger partial charge < -0.3 is 10.0 Å². The van der Waals surface area contributed by atoms with Gasteiger partial charge in [-0.3, -0.25) is 4.79 Å². The quantitative estimate of drug-likeness (QED) is 0.705. The minimum Gasteiger partial charge on any atom is -0.480 e. The molecule has 1 saturated carbocycles. The molecule has 7 heteroatoms. The van der Waals surface area contributed by atoms with Crippen LogP contribution in [0.4, 0.5) is 0 Å². The molecule has 1 aliphatic heterocycles. The minimum absolute atomic E-state index is 0.307. The van der Waals surface area contributed by atoms with Crippen molar-refractivity contribution in [3.05, 3.63) is 0 Å². The average Bonchev–Trinajstić information content (AvgIpc) is 3.05. The largest absolute Gasteiger partial charge is 0.480 e. The summed E-state index contributed by atoms with van der Waals surface area (Å²) in [6.07, 6.45) is 3.50. The van der Waals surface area contributed by atoms with Gasteiger partial charge in [0.25, 0.3) is 0 Å². The van der Waals surface area contributed by atoms with Crippen molar-refractivity contribution in [1.29, 1.82) is 0 Å². The van der Waals surface area contributed by atoms with Gasteiger partial charge in [-0.15, -0.1) is 0 Å². The van der Waals surface area contributed by atoms with Crippen molar-refractivity contribution in [2.45, 2.75) is 37.5 Å². The molecule has 0 radical (unpaired) electrons. The highest BCUT2D eigenvalue weighted by Gasteiger charge is 2.35. The number of hydrogen-bond acceptors (Lipinski definition) is 4. The van der Waals surface area contributed by atoms with Crippen LogP contribution in [0.3, 0.4) is 0 Å². The lowest BCUT2D eigenvalue weighted by molar-refractivity contribution is -0.136. The zero-order chi connectivity index (χ0) is 13.3. The summed E-state index contributed by atoms with van der Waals surface area (Å²) in [6.45, 7) is 3.50. The molecule has 2 fully saturated rings. The van der Waals surface area contributed by atoms with Gasteiger partial charge in [0.2, 0.25) is 10.0 Å². The van der Waals surface area contributed by atoms with E-state index in [-0.39, 0.29) is 0 Å². The smallest absolute Gasteiger partial charge is 0.323 e. The molecule has 2 atom stereocenters. The first-order valence-corrected chi connectivity index (χ1v) is 7.90. The van der Waals surface area contributed by atoms with Crippen molar-refractivity contribution in [3.8, 4) is 0 Å². The molecule has 0 aromatic rings. The Balaban J connectivity index is 1.79. The van der Waals surface area contributed by atoms with E-state index in [1.54, 1.807) is 0 Å². The van der Waals surface area contributed by atoms with Gasteiger partial charge in [-0.1, -0.05) is 0 Å². The molecule has 0 aromatic heterocycles. The van der Waals surface area contributed by atoms with Crippen LogP contribution in [-0.2, 0) is 14.8 Å². The summed E-state index contributed by atoms with van der Waals surface area (Å²) in [5, 5.41) is 7.31. The number of carboxylic acid groups (broad SMARTS) is 1. The zero-order valence-electron chi connectivity index (χ0n) is 10.5. The Labute approximate surface area is 107 Å². The van der Waals surface area contributed by atoms with E-state index in [0.29, 0.717) is 18.5 Å². The fourth-order valence-electron chi connectivity index (χ4n) is 2.29. The van der Waals surface area contributed by atoms with Gasteiger partial charge in [0.1, 0.15) is 0 Å². The second kappa shape index (κ2) is 5.14. The topological polar surface area (TPSA) is 86.7 Å². The molecule has 0 aromatic carbocycles. The third kappa shape index (κ3) is 3.21. The SMILES string of the molecule is CC(C(=O)O)S(=O)(=O)NCC1CCN(C2CC2)C1. The molecule has 2 unspecified atom stereocenters. The number of likely N-dealkylation sites (tertiary alicyclic amines) is 1. The van der Waals surface area contributed by atoms with Crippen LogP contribution in [0.5, 0.6) is 0 Å². The predicted molar refractivity (Wildman–Crippen MR) is 66.7 cm³/mol. The van der Waals surface area contributed by atoms with Crippen LogP contribution in [0.25, 0.3) is 0 Å². The van der Waals surface area contributed by atoms with Gasteiger partial charge in [0, 0.05) is 19.1 Å². The highest BCUT2D eigenvalue weighted by molar-refractivity contribution is 7.90. The monoisotopic (exact) mass is 276 g/mol. The highest BCUT2D eigenvalue weighted by atomic mass is 32.2. The highest BCUT2D eigenvalue weighted by Crippen LogP contribution is 2.31. The van der Waals surface area contributed by atoms with Gasteiger partial charge in [-0.2, -0.15) is 0 Å². The summed E-state index contributed by atoms with van der Waals surface area (Å²) in [5.41, 5.74) is 0. The summed E-state index contributed by atoms with van der Waals surface area (Å²) in [7, 11) is -3.74. The first-order chi connectivity index (χ1) is 8.40. The first-order valence-electron chi connectivity index (χ1n) is 6.35. The van der Waals surface area contributed by atoms with Crippen molar-refractivity contribution in [1.82, 2.24) is 9.62 Å². The van der Waals surface area contributed by atoms with Crippen LogP contribution >= 0.6 is 0 Å². The fourth-order valence-corrected chi connectivity index (χ4v) is 3.28. The van der Waals surface area contributed by atoms with Crippen LogP contribution in [0.2, 0.25) is 0 Å². The minimum atomic E-state index is -3.74. The Kier molecular flexibility index (Phi) is 3.93. The van der Waals surface area contributed by atoms with E-state index in [0.717, 1.165) is 19.5 Å². The Morgan fingerprint density at radius 2 is 2.11 bits per heavy atom. The lowest BCUT2D eigenvalue weighted by Gasteiger charge is -2.16. The van der Waals surface area contributed by atoms with Gasteiger partial charge in [-0.05, 0) is 38.6 Å². The summed E-state index contributed by atoms with van der Waals surface area (Å²) in [4.78, 5) is 13.1. The van der Waals surface area contributed by atoms with E-state index in [2.05, 4.69) is 9.62 Å². The molecule has 6 nitrogen and oxygen atoms in total. The normalized spacial score (nSPS) is 27.3. The number of rotatable bonds is 6. The average molecular weight is 276 g/mol. The molecule has 2 rings (SSSR count). The maximum Gasteiger partial charge on any atom is 0.323 e. The maximum atomic E-state index is 11.7. The molecule has 104 valence electrons. The summed E-state index contributed by atoms with van der Waals surface area (Å²) < 4.78 is 25.7. The standard InChI is InChI=1S/C11H20N2O4S/c1-8(11(14)15)18(16,17)12-6-9-4-5-13(7-9)10-2-3-10/h8-10,12H,2-7H2,1H3,(H,14,15).